The van der Waals surface area contributed by atoms with Gasteiger partial charge in [-0.05, 0) is 64.0 Å². The van der Waals surface area contributed by atoms with Crippen molar-refractivity contribution in [2.75, 3.05) is 43.6 Å². The first-order chi connectivity index (χ1) is 21.4. The first-order valence-corrected chi connectivity index (χ1v) is 15.5. The lowest BCUT2D eigenvalue weighted by atomic mass is 9.97. The third-order valence-electron chi connectivity index (χ3n) is 8.92. The highest BCUT2D eigenvalue weighted by Crippen LogP contribution is 2.46. The minimum absolute atomic E-state index is 0.00819. The van der Waals surface area contributed by atoms with Crippen molar-refractivity contribution in [3.63, 3.8) is 0 Å². The average Bonchev–Trinajstić information content (AvgIpc) is 3.54. The van der Waals surface area contributed by atoms with E-state index in [0.717, 1.165) is 36.3 Å². The largest absolute Gasteiger partial charge is 0.461 e. The van der Waals surface area contributed by atoms with Gasteiger partial charge >= 0.3 is 6.01 Å². The maximum atomic E-state index is 16.9. The van der Waals surface area contributed by atoms with Gasteiger partial charge in [0, 0.05) is 35.1 Å². The van der Waals surface area contributed by atoms with Crippen molar-refractivity contribution >= 4 is 60.6 Å². The quantitative estimate of drug-likeness (QED) is 0.193. The zero-order chi connectivity index (χ0) is 32.2. The number of anilines is 3. The van der Waals surface area contributed by atoms with Crippen LogP contribution in [0.3, 0.4) is 0 Å². The normalized spacial score (nSPS) is 17.6. The second-order valence-electron chi connectivity index (χ2n) is 11.6. The van der Waals surface area contributed by atoms with Crippen LogP contribution >= 0.6 is 22.9 Å². The molecule has 0 unspecified atom stereocenters. The van der Waals surface area contributed by atoms with Crippen molar-refractivity contribution < 1.29 is 13.5 Å². The van der Waals surface area contributed by atoms with Crippen LogP contribution in [-0.2, 0) is 0 Å². The Kier molecular flexibility index (Phi) is 7.89. The Hall–Kier alpha value is -4.31. The average molecular weight is 649 g/mol. The van der Waals surface area contributed by atoms with E-state index in [9.17, 15) is 9.65 Å². The molecule has 3 aromatic heterocycles. The number of hydrogen-bond donors (Lipinski definition) is 2. The van der Waals surface area contributed by atoms with Crippen molar-refractivity contribution in [3.05, 3.63) is 64.3 Å². The fourth-order valence-corrected chi connectivity index (χ4v) is 7.23. The topological polar surface area (TPSA) is 130 Å². The van der Waals surface area contributed by atoms with Crippen LogP contribution in [0.4, 0.5) is 25.4 Å². The fourth-order valence-electron chi connectivity index (χ4n) is 5.98. The predicted molar refractivity (Wildman–Crippen MR) is 176 cm³/mol. The third kappa shape index (κ3) is 5.14. The number of nitrogens with zero attached hydrogens (tertiary/aromatic N) is 6. The zero-order valence-electron chi connectivity index (χ0n) is 25.2. The van der Waals surface area contributed by atoms with Gasteiger partial charge in [0.05, 0.1) is 26.9 Å². The van der Waals surface area contributed by atoms with Crippen LogP contribution in [-0.4, -0.2) is 52.6 Å². The molecule has 1 aliphatic rings. The monoisotopic (exact) mass is 648 g/mol. The van der Waals surface area contributed by atoms with Crippen LogP contribution < -0.4 is 21.1 Å². The van der Waals surface area contributed by atoms with Gasteiger partial charge in [-0.1, -0.05) is 23.7 Å². The molecule has 0 spiro atoms. The Morgan fingerprint density at radius 3 is 2.73 bits per heavy atom. The maximum Gasteiger partial charge on any atom is 0.319 e. The fraction of sp³-hybridized carbons (Fsp3) is 0.312. The minimum Gasteiger partial charge on any atom is -0.461 e. The molecule has 1 saturated heterocycles. The molecular formula is C32H31ClF2N8OS. The lowest BCUT2D eigenvalue weighted by Crippen LogP contribution is -2.43. The Morgan fingerprint density at radius 1 is 1.27 bits per heavy atom. The summed E-state index contributed by atoms with van der Waals surface area (Å²) in [7, 11) is 3.85. The van der Waals surface area contributed by atoms with Gasteiger partial charge < -0.3 is 21.1 Å². The molecule has 232 valence electrons. The number of nitriles is 1. The van der Waals surface area contributed by atoms with Gasteiger partial charge in [-0.2, -0.15) is 15.2 Å². The molecule has 45 heavy (non-hydrogen) atoms. The maximum absolute atomic E-state index is 16.9. The minimum atomic E-state index is -0.765. The number of thiophene rings is 1. The van der Waals surface area contributed by atoms with Crippen LogP contribution in [0, 0.1) is 23.0 Å². The lowest BCUT2D eigenvalue weighted by Gasteiger charge is -2.32. The van der Waals surface area contributed by atoms with E-state index in [1.165, 1.54) is 12.1 Å². The number of nitrogen functional groups attached to an aromatic ring is 2. The molecule has 0 saturated carbocycles. The number of likely N-dealkylation sites (N-methyl/N-ethyl adjacent to an activating group) is 1. The van der Waals surface area contributed by atoms with E-state index in [1.54, 1.807) is 18.3 Å². The summed E-state index contributed by atoms with van der Waals surface area (Å²) >= 11 is 7.75. The molecule has 2 atom stereocenters. The van der Waals surface area contributed by atoms with Crippen LogP contribution in [0.2, 0.25) is 5.02 Å². The molecular weight excluding hydrogens is 618 g/mol. The van der Waals surface area contributed by atoms with Crippen molar-refractivity contribution in [3.8, 4) is 23.2 Å². The van der Waals surface area contributed by atoms with E-state index in [0.29, 0.717) is 23.6 Å². The van der Waals surface area contributed by atoms with Crippen LogP contribution in [0.15, 0.2) is 36.5 Å². The summed E-state index contributed by atoms with van der Waals surface area (Å²) in [6.45, 7) is 5.28. The number of likely N-dealkylation sites (tertiary alicyclic amines) is 1. The number of hydrogen-bond acceptors (Lipinski definition) is 10. The molecule has 6 rings (SSSR count). The molecule has 13 heteroatoms. The van der Waals surface area contributed by atoms with Gasteiger partial charge in [-0.15, -0.1) is 11.3 Å². The number of benzene rings is 2. The molecule has 4 N–H and O–H groups in total. The molecule has 9 nitrogen and oxygen atoms in total. The smallest absolute Gasteiger partial charge is 0.319 e. The number of halogens is 3. The summed E-state index contributed by atoms with van der Waals surface area (Å²) in [5, 5.41) is 10.5. The number of pyridine rings is 1. The van der Waals surface area contributed by atoms with E-state index in [4.69, 9.17) is 32.8 Å². The summed E-state index contributed by atoms with van der Waals surface area (Å²) < 4.78 is 38.1. The molecule has 0 radical (unpaired) electrons. The summed E-state index contributed by atoms with van der Waals surface area (Å²) in [6.07, 6.45) is 3.58. The second kappa shape index (κ2) is 11.6. The van der Waals surface area contributed by atoms with Gasteiger partial charge in [0.25, 0.3) is 0 Å². The molecule has 1 aliphatic heterocycles. The second-order valence-corrected chi connectivity index (χ2v) is 13.1. The molecule has 5 aromatic rings. The first kappa shape index (κ1) is 30.7. The van der Waals surface area contributed by atoms with Crippen molar-refractivity contribution in [1.82, 2.24) is 19.9 Å². The van der Waals surface area contributed by atoms with Gasteiger partial charge in [0.15, 0.2) is 5.82 Å². The highest BCUT2D eigenvalue weighted by molar-refractivity contribution is 7.23. The highest BCUT2D eigenvalue weighted by atomic mass is 35.5. The van der Waals surface area contributed by atoms with Crippen LogP contribution in [0.5, 0.6) is 6.01 Å². The van der Waals surface area contributed by atoms with Gasteiger partial charge in [-0.3, -0.25) is 4.90 Å². The van der Waals surface area contributed by atoms with E-state index < -0.39 is 11.6 Å². The van der Waals surface area contributed by atoms with E-state index in [2.05, 4.69) is 21.8 Å². The standard InChI is InChI=1S/C32H31ClF2N8OS/c1-16(17-7-5-11-39-28(17)37)43(4)30-19-13-21(33)24(18-8-9-22(34)27-23(18)20(14-36)29(38)45-27)25(35)26(19)40-31(41-30)44-15-32(2)10-6-12-42(32)3/h5,7-9,11,13,16H,6,10,12,15,38H2,1-4H3,(H2,37,39)/t16-,32+/m1/s1. The predicted octanol–water partition coefficient (Wildman–Crippen LogP) is 6.93. The van der Waals surface area contributed by atoms with Gasteiger partial charge in [0.2, 0.25) is 0 Å². The van der Waals surface area contributed by atoms with E-state index in [1.807, 2.05) is 38.1 Å². The van der Waals surface area contributed by atoms with Gasteiger partial charge in [0.1, 0.15) is 40.6 Å². The molecule has 0 amide bonds. The number of aromatic nitrogens is 3. The van der Waals surface area contributed by atoms with E-state index >= 15 is 4.39 Å². The van der Waals surface area contributed by atoms with Crippen molar-refractivity contribution in [2.45, 2.75) is 38.3 Å². The third-order valence-corrected chi connectivity index (χ3v) is 10.2. The molecule has 2 aromatic carbocycles. The first-order valence-electron chi connectivity index (χ1n) is 14.3. The molecule has 0 aliphatic carbocycles. The SMILES string of the molecule is C[C@H](c1cccnc1N)N(C)c1nc(OC[C@]2(C)CCCN2C)nc2c(F)c(-c3ccc(F)c4sc(N)c(C#N)c34)c(Cl)cc12. The van der Waals surface area contributed by atoms with Crippen molar-refractivity contribution in [2.24, 2.45) is 0 Å². The number of fused-ring (bicyclic) bond motifs is 2. The Balaban J connectivity index is 1.57. The number of nitrogens with two attached hydrogens (primary N) is 2. The Morgan fingerprint density at radius 2 is 2.04 bits per heavy atom. The summed E-state index contributed by atoms with van der Waals surface area (Å²) in [5.41, 5.74) is 13.0. The molecule has 1 fully saturated rings. The zero-order valence-corrected chi connectivity index (χ0v) is 26.7. The lowest BCUT2D eigenvalue weighted by molar-refractivity contribution is 0.108. The number of ether oxygens (including phenoxy) is 1. The molecule has 0 bridgehead atoms. The van der Waals surface area contributed by atoms with Crippen LogP contribution in [0.1, 0.15) is 43.9 Å². The number of rotatable bonds is 7. The highest BCUT2D eigenvalue weighted by Gasteiger charge is 2.35. The van der Waals surface area contributed by atoms with Crippen LogP contribution in [0.25, 0.3) is 32.1 Å². The summed E-state index contributed by atoms with van der Waals surface area (Å²) in [5.74, 6) is -0.609. The summed E-state index contributed by atoms with van der Waals surface area (Å²) in [4.78, 5) is 17.6. The molecule has 4 heterocycles. The Bertz CT molecular complexity index is 2010. The van der Waals surface area contributed by atoms with Crippen molar-refractivity contribution in [1.29, 1.82) is 5.26 Å². The van der Waals surface area contributed by atoms with E-state index in [-0.39, 0.29) is 59.9 Å². The van der Waals surface area contributed by atoms with Gasteiger partial charge in [-0.25, -0.2) is 13.8 Å². The Labute approximate surface area is 268 Å². The summed E-state index contributed by atoms with van der Waals surface area (Å²) in [6, 6.07) is 9.54.